The van der Waals surface area contributed by atoms with Gasteiger partial charge in [-0.1, -0.05) is 42.5 Å². The average molecular weight is 332 g/mol. The van der Waals surface area contributed by atoms with Gasteiger partial charge in [0.25, 0.3) is 6.35 Å². The molecule has 2 aromatic carbocycles. The topological polar surface area (TPSA) is 81.0 Å². The van der Waals surface area contributed by atoms with Gasteiger partial charge in [-0.25, -0.2) is 9.98 Å². The van der Waals surface area contributed by atoms with Gasteiger partial charge in [-0.05, 0) is 35.4 Å². The molecule has 3 aromatic rings. The monoisotopic (exact) mass is 332 g/mol. The lowest BCUT2D eigenvalue weighted by molar-refractivity contribution is 0.0693. The van der Waals surface area contributed by atoms with Crippen LogP contribution in [0.4, 0.5) is 11.5 Å². The number of aromatic nitrogens is 1. The van der Waals surface area contributed by atoms with Crippen molar-refractivity contribution < 1.29 is 10.3 Å². The van der Waals surface area contributed by atoms with Crippen molar-refractivity contribution in [1.82, 2.24) is 4.98 Å². The van der Waals surface area contributed by atoms with Crippen LogP contribution in [0.15, 0.2) is 77.9 Å². The maximum absolute atomic E-state index is 9.87. The van der Waals surface area contributed by atoms with E-state index in [2.05, 4.69) is 27.4 Å². The zero-order chi connectivity index (χ0) is 17.2. The average Bonchev–Trinajstić information content (AvgIpc) is 2.67. The van der Waals surface area contributed by atoms with Crippen LogP contribution in [0.25, 0.3) is 11.1 Å². The molecule has 4 rings (SSSR count). The number of nitrogens with zero attached hydrogens (tertiary/aromatic N) is 3. The van der Waals surface area contributed by atoms with Crippen molar-refractivity contribution in [3.8, 4) is 11.1 Å². The largest absolute Gasteiger partial charge is 0.353 e. The molecule has 1 aromatic heterocycles. The Morgan fingerprint density at radius 1 is 0.880 bits per heavy atom. The number of aliphatic imine (C=N–C) groups is 1. The summed E-state index contributed by atoms with van der Waals surface area (Å²) < 4.78 is 0. The third-order valence-corrected chi connectivity index (χ3v) is 3.98. The number of fused-ring (bicyclic) bond motifs is 1. The lowest BCUT2D eigenvalue weighted by Gasteiger charge is -2.27. The minimum Gasteiger partial charge on any atom is -0.353 e. The third-order valence-electron chi connectivity index (χ3n) is 3.98. The molecule has 3 N–H and O–H groups in total. The second-order valence-electron chi connectivity index (χ2n) is 5.61. The van der Waals surface area contributed by atoms with Gasteiger partial charge in [0.05, 0.1) is 5.56 Å². The summed E-state index contributed by atoms with van der Waals surface area (Å²) in [6.07, 6.45) is 0.153. The van der Waals surface area contributed by atoms with Gasteiger partial charge in [0.2, 0.25) is 0 Å². The first kappa shape index (κ1) is 15.3. The first-order valence-electron chi connectivity index (χ1n) is 7.84. The molecule has 6 nitrogen and oxygen atoms in total. The summed E-state index contributed by atoms with van der Waals surface area (Å²) in [5.41, 5.74) is 3.69. The summed E-state index contributed by atoms with van der Waals surface area (Å²) in [5, 5.41) is 23.6. The molecule has 6 heteroatoms. The van der Waals surface area contributed by atoms with Crippen LogP contribution >= 0.6 is 0 Å². The number of nitrogens with one attached hydrogen (secondary N) is 1. The normalized spacial score (nSPS) is 16.2. The van der Waals surface area contributed by atoms with Gasteiger partial charge < -0.3 is 10.4 Å². The molecule has 2 heterocycles. The Hall–Kier alpha value is -3.22. The Morgan fingerprint density at radius 2 is 1.60 bits per heavy atom. The van der Waals surface area contributed by atoms with Gasteiger partial charge in [0, 0.05) is 11.9 Å². The van der Waals surface area contributed by atoms with Crippen LogP contribution in [0, 0.1) is 0 Å². The quantitative estimate of drug-likeness (QED) is 0.672. The number of pyridine rings is 1. The summed E-state index contributed by atoms with van der Waals surface area (Å²) in [6, 6.07) is 21.6. The van der Waals surface area contributed by atoms with Crippen LogP contribution in [0.1, 0.15) is 5.56 Å². The highest BCUT2D eigenvalue weighted by Gasteiger charge is 2.26. The van der Waals surface area contributed by atoms with E-state index in [1.54, 1.807) is 18.3 Å². The zero-order valence-corrected chi connectivity index (χ0v) is 13.2. The smallest absolute Gasteiger partial charge is 0.251 e. The summed E-state index contributed by atoms with van der Waals surface area (Å²) in [7, 11) is 0. The summed E-state index contributed by atoms with van der Waals surface area (Å²) in [5.74, 6) is 0.710. The molecule has 0 spiro atoms. The van der Waals surface area contributed by atoms with Crippen LogP contribution in [0.2, 0.25) is 0 Å². The molecule has 0 fully saturated rings. The van der Waals surface area contributed by atoms with Gasteiger partial charge in [0.1, 0.15) is 5.84 Å². The number of rotatable bonds is 2. The molecule has 1 unspecified atom stereocenters. The van der Waals surface area contributed by atoms with E-state index in [0.717, 1.165) is 16.8 Å². The molecule has 1 aliphatic heterocycles. The van der Waals surface area contributed by atoms with Crippen LogP contribution in [0.5, 0.6) is 0 Å². The maximum Gasteiger partial charge on any atom is 0.251 e. The van der Waals surface area contributed by atoms with E-state index in [0.29, 0.717) is 16.5 Å². The molecule has 124 valence electrons. The van der Waals surface area contributed by atoms with Crippen molar-refractivity contribution in [2.24, 2.45) is 4.99 Å². The number of anilines is 2. The SMILES string of the molecule is OC1N=C(Nc2ccc(-c3ccccc3)cc2)c2cccnc2N1O. The summed E-state index contributed by atoms with van der Waals surface area (Å²) in [6.45, 7) is 0. The predicted molar refractivity (Wildman–Crippen MR) is 96.5 cm³/mol. The first-order chi connectivity index (χ1) is 12.2. The lowest BCUT2D eigenvalue weighted by atomic mass is 10.1. The molecular formula is C19H16N4O2. The zero-order valence-electron chi connectivity index (χ0n) is 13.2. The number of hydroxylamine groups is 1. The van der Waals surface area contributed by atoms with Crippen molar-refractivity contribution >= 4 is 17.3 Å². The van der Waals surface area contributed by atoms with Gasteiger partial charge >= 0.3 is 0 Å². The molecule has 0 bridgehead atoms. The van der Waals surface area contributed by atoms with E-state index < -0.39 is 6.35 Å². The molecule has 25 heavy (non-hydrogen) atoms. The van der Waals surface area contributed by atoms with E-state index in [1.165, 1.54) is 0 Å². The Balaban J connectivity index is 1.61. The van der Waals surface area contributed by atoms with Crippen molar-refractivity contribution in [2.45, 2.75) is 6.35 Å². The van der Waals surface area contributed by atoms with Crippen LogP contribution in [0.3, 0.4) is 0 Å². The van der Waals surface area contributed by atoms with E-state index in [-0.39, 0.29) is 5.82 Å². The molecule has 1 aliphatic rings. The Labute approximate surface area is 144 Å². The second kappa shape index (κ2) is 6.35. The van der Waals surface area contributed by atoms with Crippen molar-refractivity contribution in [3.05, 3.63) is 78.5 Å². The van der Waals surface area contributed by atoms with Crippen LogP contribution in [-0.2, 0) is 0 Å². The van der Waals surface area contributed by atoms with Crippen molar-refractivity contribution in [3.63, 3.8) is 0 Å². The molecule has 0 saturated carbocycles. The van der Waals surface area contributed by atoms with Gasteiger partial charge in [-0.3, -0.25) is 5.21 Å². The summed E-state index contributed by atoms with van der Waals surface area (Å²) in [4.78, 5) is 8.17. The fourth-order valence-electron chi connectivity index (χ4n) is 2.73. The Kier molecular flexibility index (Phi) is 3.89. The highest BCUT2D eigenvalue weighted by molar-refractivity contribution is 6.12. The minimum absolute atomic E-state index is 0.258. The van der Waals surface area contributed by atoms with Crippen LogP contribution < -0.4 is 10.4 Å². The van der Waals surface area contributed by atoms with Gasteiger partial charge in [-0.2, -0.15) is 5.06 Å². The predicted octanol–water partition coefficient (Wildman–Crippen LogP) is 3.09. The number of hydrogen-bond donors (Lipinski definition) is 3. The van der Waals surface area contributed by atoms with E-state index in [4.69, 9.17) is 0 Å². The first-order valence-corrected chi connectivity index (χ1v) is 7.84. The number of amidine groups is 1. The third kappa shape index (κ3) is 2.96. The van der Waals surface area contributed by atoms with E-state index >= 15 is 0 Å². The molecule has 0 aliphatic carbocycles. The number of aliphatic hydroxyl groups is 1. The van der Waals surface area contributed by atoms with Crippen LogP contribution in [-0.4, -0.2) is 27.5 Å². The molecule has 0 amide bonds. The molecule has 1 atom stereocenters. The number of benzene rings is 2. The maximum atomic E-state index is 9.87. The van der Waals surface area contributed by atoms with E-state index in [1.807, 2.05) is 42.5 Å². The second-order valence-corrected chi connectivity index (χ2v) is 5.61. The van der Waals surface area contributed by atoms with Crippen molar-refractivity contribution in [1.29, 1.82) is 0 Å². The number of aliphatic hydroxyl groups excluding tert-OH is 1. The molecular weight excluding hydrogens is 316 g/mol. The van der Waals surface area contributed by atoms with Gasteiger partial charge in [0.15, 0.2) is 5.82 Å². The summed E-state index contributed by atoms with van der Waals surface area (Å²) >= 11 is 0. The molecule has 0 radical (unpaired) electrons. The molecule has 0 saturated heterocycles. The standard InChI is InChI=1S/C19H16N4O2/c24-19-22-17(16-7-4-12-20-18(16)23(19)25)21-15-10-8-14(9-11-15)13-5-2-1-3-6-13/h1-12,19,24-25H,(H,21,22). The highest BCUT2D eigenvalue weighted by Crippen LogP contribution is 2.26. The fourth-order valence-corrected chi connectivity index (χ4v) is 2.73. The van der Waals surface area contributed by atoms with E-state index in [9.17, 15) is 10.3 Å². The fraction of sp³-hybridized carbons (Fsp3) is 0.0526. The lowest BCUT2D eigenvalue weighted by Crippen LogP contribution is -2.38. The highest BCUT2D eigenvalue weighted by atomic mass is 16.5. The minimum atomic E-state index is -1.39. The van der Waals surface area contributed by atoms with Crippen molar-refractivity contribution in [2.75, 3.05) is 10.4 Å². The number of hydrogen-bond acceptors (Lipinski definition) is 6. The Morgan fingerprint density at radius 3 is 2.36 bits per heavy atom. The Bertz CT molecular complexity index is 910. The van der Waals surface area contributed by atoms with Gasteiger partial charge in [-0.15, -0.1) is 0 Å².